The average molecular weight is 276 g/mol. The van der Waals surface area contributed by atoms with Crippen LogP contribution in [-0.4, -0.2) is 18.1 Å². The molecule has 0 spiro atoms. The molecule has 0 bridgehead atoms. The lowest BCUT2D eigenvalue weighted by Crippen LogP contribution is -2.40. The van der Waals surface area contributed by atoms with Crippen molar-refractivity contribution < 1.29 is 9.53 Å². The summed E-state index contributed by atoms with van der Waals surface area (Å²) < 4.78 is 5.60. The van der Waals surface area contributed by atoms with Gasteiger partial charge in [-0.05, 0) is 30.4 Å². The van der Waals surface area contributed by atoms with Gasteiger partial charge in [-0.25, -0.2) is 0 Å². The van der Waals surface area contributed by atoms with E-state index in [0.29, 0.717) is 6.42 Å². The van der Waals surface area contributed by atoms with Gasteiger partial charge in [0.2, 0.25) is 0 Å². The summed E-state index contributed by atoms with van der Waals surface area (Å²) in [7, 11) is 0. The highest BCUT2D eigenvalue weighted by atomic mass is 16.5. The van der Waals surface area contributed by atoms with Gasteiger partial charge in [-0.3, -0.25) is 4.79 Å². The average Bonchev–Trinajstić information content (AvgIpc) is 2.47. The van der Waals surface area contributed by atoms with Crippen LogP contribution in [0.5, 0.6) is 0 Å². The molecule has 0 amide bonds. The number of ether oxygens (including phenoxy) is 1. The number of carbonyl (C=O) groups is 1. The number of hydrogen-bond acceptors (Lipinski definition) is 4. The first-order valence-electron chi connectivity index (χ1n) is 7.43. The first-order valence-corrected chi connectivity index (χ1v) is 7.43. The first kappa shape index (κ1) is 15.0. The maximum absolute atomic E-state index is 12.1. The lowest BCUT2D eigenvalue weighted by Gasteiger charge is -2.31. The molecule has 110 valence electrons. The van der Waals surface area contributed by atoms with E-state index in [-0.39, 0.29) is 18.1 Å². The predicted molar refractivity (Wildman–Crippen MR) is 79.1 cm³/mol. The van der Waals surface area contributed by atoms with E-state index < -0.39 is 6.04 Å². The summed E-state index contributed by atoms with van der Waals surface area (Å²) in [6.45, 7) is 2.07. The molecule has 1 aromatic carbocycles. The maximum Gasteiger partial charge on any atom is 0.323 e. The van der Waals surface area contributed by atoms with E-state index in [1.54, 1.807) is 0 Å². The summed E-state index contributed by atoms with van der Waals surface area (Å²) in [5.41, 5.74) is 14.2. The van der Waals surface area contributed by atoms with Gasteiger partial charge < -0.3 is 16.2 Å². The fourth-order valence-corrected chi connectivity index (χ4v) is 2.65. The van der Waals surface area contributed by atoms with Crippen molar-refractivity contribution in [3.63, 3.8) is 0 Å². The van der Waals surface area contributed by atoms with Crippen LogP contribution in [0.3, 0.4) is 0 Å². The van der Waals surface area contributed by atoms with Crippen LogP contribution in [-0.2, 0) is 16.0 Å². The Kier molecular flexibility index (Phi) is 5.15. The van der Waals surface area contributed by atoms with Crippen molar-refractivity contribution in [2.75, 3.05) is 0 Å². The number of fused-ring (bicyclic) bond motifs is 1. The van der Waals surface area contributed by atoms with Crippen molar-refractivity contribution in [2.45, 2.75) is 57.2 Å². The van der Waals surface area contributed by atoms with Gasteiger partial charge in [0.25, 0.3) is 0 Å². The Balaban J connectivity index is 2.06. The lowest BCUT2D eigenvalue weighted by atomic mass is 9.86. The molecule has 0 aliphatic heterocycles. The molecule has 0 fully saturated rings. The highest BCUT2D eigenvalue weighted by Crippen LogP contribution is 2.32. The zero-order chi connectivity index (χ0) is 14.5. The van der Waals surface area contributed by atoms with Gasteiger partial charge in [0, 0.05) is 6.04 Å². The molecule has 0 saturated carbocycles. The van der Waals surface area contributed by atoms with Crippen molar-refractivity contribution in [2.24, 2.45) is 11.5 Å². The molecule has 1 aliphatic carbocycles. The van der Waals surface area contributed by atoms with Gasteiger partial charge in [0.05, 0.1) is 0 Å². The summed E-state index contributed by atoms with van der Waals surface area (Å²) in [5, 5.41) is 0. The van der Waals surface area contributed by atoms with Gasteiger partial charge in [0.15, 0.2) is 0 Å². The zero-order valence-electron chi connectivity index (χ0n) is 12.0. The largest absolute Gasteiger partial charge is 0.455 e. The molecular formula is C16H24N2O2. The van der Waals surface area contributed by atoms with Crippen molar-refractivity contribution >= 4 is 5.97 Å². The van der Waals surface area contributed by atoms with E-state index in [0.717, 1.165) is 31.2 Å². The Morgan fingerprint density at radius 3 is 2.95 bits per heavy atom. The van der Waals surface area contributed by atoms with Crippen LogP contribution in [0.15, 0.2) is 24.3 Å². The summed E-state index contributed by atoms with van der Waals surface area (Å²) in [6.07, 6.45) is 4.03. The molecule has 0 radical (unpaired) electrons. The van der Waals surface area contributed by atoms with Crippen molar-refractivity contribution in [3.05, 3.63) is 35.4 Å². The summed E-state index contributed by atoms with van der Waals surface area (Å²) >= 11 is 0. The van der Waals surface area contributed by atoms with Gasteiger partial charge in [-0.15, -0.1) is 0 Å². The molecule has 4 N–H and O–H groups in total. The van der Waals surface area contributed by atoms with Crippen LogP contribution >= 0.6 is 0 Å². The van der Waals surface area contributed by atoms with Crippen LogP contribution in [0.25, 0.3) is 0 Å². The SMILES string of the molecule is CCCCC(N)C(=O)OC1c2ccccc2CCC1N. The molecule has 2 rings (SSSR count). The van der Waals surface area contributed by atoms with E-state index in [9.17, 15) is 4.79 Å². The fourth-order valence-electron chi connectivity index (χ4n) is 2.65. The normalized spacial score (nSPS) is 22.9. The number of benzene rings is 1. The number of unbranched alkanes of at least 4 members (excludes halogenated alkanes) is 1. The van der Waals surface area contributed by atoms with Crippen LogP contribution in [0.1, 0.15) is 49.8 Å². The van der Waals surface area contributed by atoms with E-state index in [1.807, 2.05) is 18.2 Å². The molecule has 4 nitrogen and oxygen atoms in total. The topological polar surface area (TPSA) is 78.3 Å². The van der Waals surface area contributed by atoms with E-state index in [1.165, 1.54) is 5.56 Å². The molecule has 3 unspecified atom stereocenters. The molecule has 0 heterocycles. The van der Waals surface area contributed by atoms with Gasteiger partial charge >= 0.3 is 5.97 Å². The summed E-state index contributed by atoms with van der Waals surface area (Å²) in [5.74, 6) is -0.337. The molecule has 4 heteroatoms. The highest BCUT2D eigenvalue weighted by molar-refractivity contribution is 5.75. The Morgan fingerprint density at radius 1 is 1.45 bits per heavy atom. The Hall–Kier alpha value is -1.39. The highest BCUT2D eigenvalue weighted by Gasteiger charge is 2.31. The van der Waals surface area contributed by atoms with Gasteiger partial charge in [-0.2, -0.15) is 0 Å². The zero-order valence-corrected chi connectivity index (χ0v) is 12.0. The second-order valence-electron chi connectivity index (χ2n) is 5.51. The molecule has 1 aromatic rings. The third kappa shape index (κ3) is 3.38. The quantitative estimate of drug-likeness (QED) is 0.807. The summed E-state index contributed by atoms with van der Waals surface area (Å²) in [4.78, 5) is 12.1. The Labute approximate surface area is 120 Å². The molecular weight excluding hydrogens is 252 g/mol. The van der Waals surface area contributed by atoms with E-state index >= 15 is 0 Å². The predicted octanol–water partition coefficient (Wildman–Crippen LogP) is 2.06. The van der Waals surface area contributed by atoms with Crippen LogP contribution in [0.4, 0.5) is 0 Å². The van der Waals surface area contributed by atoms with Crippen LogP contribution < -0.4 is 11.5 Å². The minimum Gasteiger partial charge on any atom is -0.455 e. The summed E-state index contributed by atoms with van der Waals surface area (Å²) in [6, 6.07) is 7.32. The number of rotatable bonds is 5. The number of nitrogens with two attached hydrogens (primary N) is 2. The Bertz CT molecular complexity index is 462. The van der Waals surface area contributed by atoms with E-state index in [2.05, 4.69) is 13.0 Å². The molecule has 0 aromatic heterocycles. The Morgan fingerprint density at radius 2 is 2.20 bits per heavy atom. The van der Waals surface area contributed by atoms with Crippen molar-refractivity contribution in [1.29, 1.82) is 0 Å². The third-order valence-electron chi connectivity index (χ3n) is 3.91. The lowest BCUT2D eigenvalue weighted by molar-refractivity contribution is -0.152. The van der Waals surface area contributed by atoms with Crippen LogP contribution in [0.2, 0.25) is 0 Å². The molecule has 1 aliphatic rings. The first-order chi connectivity index (χ1) is 9.63. The van der Waals surface area contributed by atoms with Crippen molar-refractivity contribution in [1.82, 2.24) is 0 Å². The maximum atomic E-state index is 12.1. The third-order valence-corrected chi connectivity index (χ3v) is 3.91. The van der Waals surface area contributed by atoms with Crippen molar-refractivity contribution in [3.8, 4) is 0 Å². The molecule has 0 saturated heterocycles. The number of aryl methyl sites for hydroxylation is 1. The minimum atomic E-state index is -0.545. The number of hydrogen-bond donors (Lipinski definition) is 2. The van der Waals surface area contributed by atoms with E-state index in [4.69, 9.17) is 16.2 Å². The van der Waals surface area contributed by atoms with Gasteiger partial charge in [-0.1, -0.05) is 44.0 Å². The van der Waals surface area contributed by atoms with Crippen LogP contribution in [0, 0.1) is 0 Å². The smallest absolute Gasteiger partial charge is 0.323 e. The monoisotopic (exact) mass is 276 g/mol. The second-order valence-corrected chi connectivity index (χ2v) is 5.51. The second kappa shape index (κ2) is 6.86. The fraction of sp³-hybridized carbons (Fsp3) is 0.562. The number of esters is 1. The molecule has 3 atom stereocenters. The standard InChI is InChI=1S/C16H24N2O2/c1-2-3-8-14(18)16(19)20-15-12-7-5-4-6-11(12)9-10-13(15)17/h4-7,13-15H,2-3,8-10,17-18H2,1H3. The van der Waals surface area contributed by atoms with Gasteiger partial charge in [0.1, 0.15) is 12.1 Å². The number of carbonyl (C=O) groups excluding carboxylic acids is 1. The minimum absolute atomic E-state index is 0.146. The molecule has 20 heavy (non-hydrogen) atoms.